The van der Waals surface area contributed by atoms with Crippen molar-refractivity contribution in [2.45, 2.75) is 56.4 Å². The number of halogens is 2. The number of hydrogen-bond donors (Lipinski definition) is 1. The highest BCUT2D eigenvalue weighted by atomic mass is 35.5. The molecule has 38 heavy (non-hydrogen) atoms. The minimum atomic E-state index is -3.93. The van der Waals surface area contributed by atoms with E-state index in [1.807, 2.05) is 44.2 Å². The lowest BCUT2D eigenvalue weighted by molar-refractivity contribution is 0.456. The zero-order chi connectivity index (χ0) is 27.1. The molecule has 5 rings (SSSR count). The Hall–Kier alpha value is -3.23. The molecule has 0 amide bonds. The molecule has 6 nitrogen and oxygen atoms in total. The fourth-order valence-corrected chi connectivity index (χ4v) is 5.74. The number of nitrogens with one attached hydrogen (secondary N) is 1. The molecular formula is C29H32ClFN4O2S. The number of hydrogen-bond acceptors (Lipinski definition) is 4. The van der Waals surface area contributed by atoms with E-state index in [0.29, 0.717) is 11.6 Å². The summed E-state index contributed by atoms with van der Waals surface area (Å²) in [5.41, 5.74) is 2.53. The molecule has 1 heterocycles. The highest BCUT2D eigenvalue weighted by Gasteiger charge is 2.33. The molecular weight excluding hydrogens is 523 g/mol. The molecule has 200 valence electrons. The second-order valence-corrected chi connectivity index (χ2v) is 11.1. The van der Waals surface area contributed by atoms with E-state index in [-0.39, 0.29) is 28.6 Å². The van der Waals surface area contributed by atoms with E-state index in [0.717, 1.165) is 42.5 Å². The molecule has 1 N–H and O–H groups in total. The maximum atomic E-state index is 13.6. The van der Waals surface area contributed by atoms with Crippen LogP contribution in [0.1, 0.15) is 56.6 Å². The third kappa shape index (κ3) is 6.60. The Kier molecular flexibility index (Phi) is 9.17. The van der Waals surface area contributed by atoms with Gasteiger partial charge in [0.1, 0.15) is 5.82 Å². The van der Waals surface area contributed by atoms with Crippen LogP contribution in [-0.4, -0.2) is 37.7 Å². The number of nitrogens with zero attached hydrogens (tertiary/aromatic N) is 3. The van der Waals surface area contributed by atoms with Gasteiger partial charge in [0, 0.05) is 10.9 Å². The van der Waals surface area contributed by atoms with Crippen molar-refractivity contribution in [1.82, 2.24) is 9.73 Å². The van der Waals surface area contributed by atoms with Crippen molar-refractivity contribution in [2.75, 3.05) is 6.54 Å². The number of hydrazone groups is 1. The third-order valence-electron chi connectivity index (χ3n) is 6.48. The van der Waals surface area contributed by atoms with Gasteiger partial charge >= 0.3 is 0 Å². The molecule has 0 saturated heterocycles. The average molecular weight is 555 g/mol. The van der Waals surface area contributed by atoms with Gasteiger partial charge in [-0.3, -0.25) is 0 Å². The zero-order valence-electron chi connectivity index (χ0n) is 21.5. The van der Waals surface area contributed by atoms with Crippen molar-refractivity contribution >= 4 is 33.3 Å². The molecule has 9 heteroatoms. The third-order valence-corrected chi connectivity index (χ3v) is 8.08. The first-order chi connectivity index (χ1) is 18.4. The summed E-state index contributed by atoms with van der Waals surface area (Å²) in [6.45, 7) is 4.39. The van der Waals surface area contributed by atoms with Crippen molar-refractivity contribution < 1.29 is 12.8 Å². The quantitative estimate of drug-likeness (QED) is 0.286. The van der Waals surface area contributed by atoms with Crippen LogP contribution in [0.5, 0.6) is 0 Å². The van der Waals surface area contributed by atoms with Gasteiger partial charge in [-0.15, -0.1) is 0 Å². The first kappa shape index (κ1) is 27.8. The van der Waals surface area contributed by atoms with Crippen LogP contribution in [0.25, 0.3) is 0 Å². The lowest BCUT2D eigenvalue weighted by Crippen LogP contribution is -2.42. The number of benzene rings is 3. The average Bonchev–Trinajstić information content (AvgIpc) is 3.61. The van der Waals surface area contributed by atoms with Gasteiger partial charge in [-0.1, -0.05) is 80.8 Å². The van der Waals surface area contributed by atoms with Crippen molar-refractivity contribution in [1.29, 1.82) is 0 Å². The Bertz CT molecular complexity index is 1370. The molecule has 3 aromatic carbocycles. The van der Waals surface area contributed by atoms with Crippen LogP contribution in [0.15, 0.2) is 93.9 Å². The first-order valence-corrected chi connectivity index (χ1v) is 14.8. The Morgan fingerprint density at radius 3 is 2.24 bits per heavy atom. The van der Waals surface area contributed by atoms with Crippen molar-refractivity contribution in [3.05, 3.63) is 101 Å². The van der Waals surface area contributed by atoms with Crippen LogP contribution in [-0.2, 0) is 10.0 Å². The van der Waals surface area contributed by atoms with Crippen molar-refractivity contribution in [3.8, 4) is 0 Å². The second kappa shape index (κ2) is 12.5. The van der Waals surface area contributed by atoms with Crippen LogP contribution >= 0.6 is 11.6 Å². The highest BCUT2D eigenvalue weighted by Crippen LogP contribution is 2.30. The minimum absolute atomic E-state index is 0.0214. The van der Waals surface area contributed by atoms with Crippen LogP contribution < -0.4 is 4.72 Å². The van der Waals surface area contributed by atoms with Crippen LogP contribution in [0.4, 0.5) is 4.39 Å². The Balaban J connectivity index is 0.00000164. The van der Waals surface area contributed by atoms with E-state index < -0.39 is 10.0 Å². The first-order valence-electron chi connectivity index (χ1n) is 12.9. The normalized spacial score (nSPS) is 18.1. The van der Waals surface area contributed by atoms with Gasteiger partial charge in [-0.2, -0.15) is 5.10 Å². The summed E-state index contributed by atoms with van der Waals surface area (Å²) in [5.74, 6) is -0.287. The number of guanidine groups is 1. The lowest BCUT2D eigenvalue weighted by atomic mass is 9.91. The molecule has 0 spiro atoms. The van der Waals surface area contributed by atoms with Gasteiger partial charge in [-0.25, -0.2) is 27.5 Å². The maximum absolute atomic E-state index is 13.6. The van der Waals surface area contributed by atoms with E-state index >= 15 is 0 Å². The summed E-state index contributed by atoms with van der Waals surface area (Å²) >= 11 is 5.95. The molecule has 1 fully saturated rings. The molecule has 1 saturated carbocycles. The Morgan fingerprint density at radius 2 is 1.61 bits per heavy atom. The summed E-state index contributed by atoms with van der Waals surface area (Å²) in [6, 6.07) is 22.1. The lowest BCUT2D eigenvalue weighted by Gasteiger charge is -2.21. The van der Waals surface area contributed by atoms with Gasteiger partial charge in [0.05, 0.1) is 23.2 Å². The summed E-state index contributed by atoms with van der Waals surface area (Å²) in [7, 11) is -3.93. The summed E-state index contributed by atoms with van der Waals surface area (Å²) < 4.78 is 42.9. The van der Waals surface area contributed by atoms with E-state index in [1.54, 1.807) is 17.1 Å². The molecule has 2 aliphatic rings. The van der Waals surface area contributed by atoms with Crippen molar-refractivity contribution in [2.24, 2.45) is 10.1 Å². The number of sulfonamides is 1. The van der Waals surface area contributed by atoms with Gasteiger partial charge in [0.2, 0.25) is 5.96 Å². The van der Waals surface area contributed by atoms with E-state index in [2.05, 4.69) is 4.72 Å². The standard InChI is InChI=1S/C27H26ClFN4O2S.C2H6/c28-21-12-16-24(17-13-21)36(34,35)32-27(30-23-8-4-5-9-23)33-18-25(19-6-2-1-3-7-19)26(31-33)20-10-14-22(29)15-11-20;1-2/h1-3,6-7,10-17,23,25H,4-5,8-9,18H2,(H,30,32);1-2H3. The topological polar surface area (TPSA) is 74.1 Å². The van der Waals surface area contributed by atoms with Gasteiger partial charge in [0.25, 0.3) is 10.0 Å². The molecule has 0 radical (unpaired) electrons. The number of aliphatic imine (C=N–C) groups is 1. The number of rotatable bonds is 5. The summed E-state index contributed by atoms with van der Waals surface area (Å²) in [4.78, 5) is 4.91. The SMILES string of the molecule is CC.O=S(=O)(NC(=NC1CCCC1)N1CC(c2ccccc2)C(c2ccc(F)cc2)=N1)c1ccc(Cl)cc1. The molecule has 1 atom stereocenters. The van der Waals surface area contributed by atoms with Crippen LogP contribution in [0.3, 0.4) is 0 Å². The minimum Gasteiger partial charge on any atom is -0.248 e. The molecule has 1 aliphatic carbocycles. The molecule has 3 aromatic rings. The summed E-state index contributed by atoms with van der Waals surface area (Å²) in [6.07, 6.45) is 3.91. The van der Waals surface area contributed by atoms with E-state index in [9.17, 15) is 12.8 Å². The highest BCUT2D eigenvalue weighted by molar-refractivity contribution is 7.90. The Morgan fingerprint density at radius 1 is 0.974 bits per heavy atom. The fourth-order valence-electron chi connectivity index (χ4n) is 4.61. The molecule has 0 aromatic heterocycles. The predicted octanol–water partition coefficient (Wildman–Crippen LogP) is 6.59. The molecule has 1 unspecified atom stereocenters. The van der Waals surface area contributed by atoms with E-state index in [4.69, 9.17) is 21.7 Å². The molecule has 1 aliphatic heterocycles. The monoisotopic (exact) mass is 554 g/mol. The van der Waals surface area contributed by atoms with E-state index in [1.165, 1.54) is 36.4 Å². The smallest absolute Gasteiger partial charge is 0.248 e. The van der Waals surface area contributed by atoms with Gasteiger partial charge in [-0.05, 0) is 60.4 Å². The van der Waals surface area contributed by atoms with Gasteiger partial charge in [0.15, 0.2) is 0 Å². The van der Waals surface area contributed by atoms with Gasteiger partial charge < -0.3 is 0 Å². The fraction of sp³-hybridized carbons (Fsp3) is 0.310. The Labute approximate surface area is 229 Å². The molecule has 0 bridgehead atoms. The van der Waals surface area contributed by atoms with Crippen LogP contribution in [0, 0.1) is 5.82 Å². The summed E-state index contributed by atoms with van der Waals surface area (Å²) in [5, 5.41) is 6.91. The van der Waals surface area contributed by atoms with Crippen LogP contribution in [0.2, 0.25) is 5.02 Å². The zero-order valence-corrected chi connectivity index (χ0v) is 23.1. The van der Waals surface area contributed by atoms with Crippen molar-refractivity contribution in [3.63, 3.8) is 0 Å². The largest absolute Gasteiger partial charge is 0.264 e. The predicted molar refractivity (Wildman–Crippen MR) is 152 cm³/mol. The second-order valence-electron chi connectivity index (χ2n) is 8.99. The maximum Gasteiger partial charge on any atom is 0.264 e.